The SMILES string of the molecule is [B]=NCC(=O)N(C=C)CCS. The van der Waals surface area contributed by atoms with Crippen LogP contribution in [0.3, 0.4) is 0 Å². The van der Waals surface area contributed by atoms with E-state index in [1.807, 2.05) is 0 Å². The molecule has 1 radical (unpaired) electrons. The van der Waals surface area contributed by atoms with Crippen LogP contribution in [0.15, 0.2) is 17.7 Å². The maximum atomic E-state index is 11.0. The van der Waals surface area contributed by atoms with Crippen LogP contribution in [0.2, 0.25) is 0 Å². The number of thiol groups is 1. The van der Waals surface area contributed by atoms with E-state index in [-0.39, 0.29) is 12.5 Å². The molecule has 0 aliphatic heterocycles. The van der Waals surface area contributed by atoms with Gasteiger partial charge in [-0.3, -0.25) is 0 Å². The number of rotatable bonds is 5. The molecule has 0 N–H and O–H groups in total. The van der Waals surface area contributed by atoms with Crippen LogP contribution in [0.1, 0.15) is 0 Å². The summed E-state index contributed by atoms with van der Waals surface area (Å²) >= 11 is 3.97. The molecule has 5 heteroatoms. The Morgan fingerprint density at radius 3 is 2.82 bits per heavy atom. The van der Waals surface area contributed by atoms with Gasteiger partial charge in [0, 0.05) is 0 Å². The summed E-state index contributed by atoms with van der Waals surface area (Å²) in [5.41, 5.74) is 0. The number of amides is 1. The van der Waals surface area contributed by atoms with Gasteiger partial charge in [0.15, 0.2) is 0 Å². The standard InChI is InChI=1S/C6H10BN2OS/c1-2-9(3-4-11)6(10)5-8-7/h2,11H,1,3-5H2. The molecular weight excluding hydrogens is 159 g/mol. The van der Waals surface area contributed by atoms with Crippen LogP contribution in [0.25, 0.3) is 0 Å². The Kier molecular flexibility index (Phi) is 5.83. The molecule has 0 aromatic carbocycles. The van der Waals surface area contributed by atoms with Gasteiger partial charge in [0.2, 0.25) is 0 Å². The zero-order valence-electron chi connectivity index (χ0n) is 6.23. The molecule has 0 saturated carbocycles. The van der Waals surface area contributed by atoms with Gasteiger partial charge < -0.3 is 0 Å². The fourth-order valence-electron chi connectivity index (χ4n) is 0.594. The molecule has 11 heavy (non-hydrogen) atoms. The van der Waals surface area contributed by atoms with Crippen molar-refractivity contribution in [3.05, 3.63) is 12.8 Å². The molecule has 0 bridgehead atoms. The molecule has 0 aromatic rings. The predicted molar refractivity (Wildman–Crippen MR) is 48.8 cm³/mol. The zero-order valence-corrected chi connectivity index (χ0v) is 7.13. The van der Waals surface area contributed by atoms with Crippen LogP contribution in [0, 0.1) is 0 Å². The first-order valence-corrected chi connectivity index (χ1v) is 3.79. The van der Waals surface area contributed by atoms with Gasteiger partial charge in [0.05, 0.1) is 0 Å². The van der Waals surface area contributed by atoms with Crippen molar-refractivity contribution in [1.82, 2.24) is 4.90 Å². The van der Waals surface area contributed by atoms with Gasteiger partial charge in [-0.25, -0.2) is 0 Å². The van der Waals surface area contributed by atoms with Crippen LogP contribution in [-0.2, 0) is 4.79 Å². The number of hydrogen-bond donors (Lipinski definition) is 1. The molecule has 0 atom stereocenters. The van der Waals surface area contributed by atoms with E-state index < -0.39 is 0 Å². The number of hydrogen-bond acceptors (Lipinski definition) is 3. The molecule has 0 spiro atoms. The second-order valence-corrected chi connectivity index (χ2v) is 2.28. The van der Waals surface area contributed by atoms with Crippen molar-refractivity contribution in [3.63, 3.8) is 0 Å². The van der Waals surface area contributed by atoms with Crippen LogP contribution in [0.4, 0.5) is 0 Å². The monoisotopic (exact) mass is 169 g/mol. The minimum absolute atomic E-state index is 0.000201. The van der Waals surface area contributed by atoms with Crippen LogP contribution < -0.4 is 0 Å². The molecule has 0 heterocycles. The van der Waals surface area contributed by atoms with Gasteiger partial charge in [-0.15, -0.1) is 0 Å². The van der Waals surface area contributed by atoms with Gasteiger partial charge in [0.1, 0.15) is 0 Å². The Hall–Kier alpha value is -0.575. The summed E-state index contributed by atoms with van der Waals surface area (Å²) < 4.78 is 0. The van der Waals surface area contributed by atoms with Gasteiger partial charge in [0.25, 0.3) is 0 Å². The van der Waals surface area contributed by atoms with E-state index in [9.17, 15) is 4.79 Å². The van der Waals surface area contributed by atoms with E-state index in [1.165, 1.54) is 11.1 Å². The first-order valence-electron chi connectivity index (χ1n) is 3.15. The summed E-state index contributed by atoms with van der Waals surface area (Å²) in [6.45, 7) is 4.01. The normalized spacial score (nSPS) is 8.73. The summed E-state index contributed by atoms with van der Waals surface area (Å²) in [6.07, 6.45) is 1.45. The Morgan fingerprint density at radius 2 is 2.45 bits per heavy atom. The van der Waals surface area contributed by atoms with Gasteiger partial charge in [-0.05, 0) is 0 Å². The van der Waals surface area contributed by atoms with Crippen molar-refractivity contribution in [2.24, 2.45) is 4.90 Å². The summed E-state index contributed by atoms with van der Waals surface area (Å²) in [5.74, 6) is 0.444. The van der Waals surface area contributed by atoms with E-state index in [0.29, 0.717) is 12.3 Å². The summed E-state index contributed by atoms with van der Waals surface area (Å²) in [7, 11) is 4.84. The minimum atomic E-state index is -0.156. The number of carbonyl (C=O) groups is 1. The molecule has 0 aliphatic rings. The third kappa shape index (κ3) is 3.98. The molecular formula is C6H10BN2OS. The second kappa shape index (κ2) is 6.16. The van der Waals surface area contributed by atoms with Crippen molar-refractivity contribution in [2.75, 3.05) is 18.8 Å². The first kappa shape index (κ1) is 10.4. The van der Waals surface area contributed by atoms with Crippen LogP contribution >= 0.6 is 12.6 Å². The van der Waals surface area contributed by atoms with Crippen molar-refractivity contribution in [3.8, 4) is 0 Å². The molecule has 0 saturated heterocycles. The van der Waals surface area contributed by atoms with Crippen molar-refractivity contribution in [2.45, 2.75) is 0 Å². The topological polar surface area (TPSA) is 32.7 Å². The van der Waals surface area contributed by atoms with E-state index in [1.54, 1.807) is 0 Å². The predicted octanol–water partition coefficient (Wildman–Crippen LogP) is 0.240. The van der Waals surface area contributed by atoms with Gasteiger partial charge in [-0.2, -0.15) is 0 Å². The molecule has 1 amide bonds. The molecule has 0 aromatic heterocycles. The Bertz CT molecular complexity index is 163. The average Bonchev–Trinajstić information content (AvgIpc) is 2.00. The van der Waals surface area contributed by atoms with Crippen molar-refractivity contribution in [1.29, 1.82) is 0 Å². The van der Waals surface area contributed by atoms with Crippen LogP contribution in [0.5, 0.6) is 0 Å². The Morgan fingerprint density at radius 1 is 1.82 bits per heavy atom. The Labute approximate surface area is 73.0 Å². The van der Waals surface area contributed by atoms with E-state index >= 15 is 0 Å². The Balaban J connectivity index is 3.90. The van der Waals surface area contributed by atoms with E-state index in [2.05, 4.69) is 24.1 Å². The summed E-state index contributed by atoms with van der Waals surface area (Å²) in [4.78, 5) is 15.7. The molecule has 0 unspecified atom stereocenters. The quantitative estimate of drug-likeness (QED) is 0.464. The third-order valence-electron chi connectivity index (χ3n) is 1.11. The summed E-state index contributed by atoms with van der Waals surface area (Å²) in [5, 5.41) is 0. The van der Waals surface area contributed by atoms with Gasteiger partial charge in [-0.1, -0.05) is 0 Å². The van der Waals surface area contributed by atoms with Crippen molar-refractivity contribution >= 4 is 26.2 Å². The number of carbonyl (C=O) groups excluding carboxylic acids is 1. The van der Waals surface area contributed by atoms with Crippen LogP contribution in [-0.4, -0.2) is 37.3 Å². The maximum absolute atomic E-state index is 11.0. The van der Waals surface area contributed by atoms with E-state index in [0.717, 1.165) is 0 Å². The molecule has 0 rings (SSSR count). The van der Waals surface area contributed by atoms with Gasteiger partial charge >= 0.3 is 72.4 Å². The zero-order chi connectivity index (χ0) is 8.69. The second-order valence-electron chi connectivity index (χ2n) is 1.83. The first-order chi connectivity index (χ1) is 5.26. The molecule has 0 fully saturated rings. The fourth-order valence-corrected chi connectivity index (χ4v) is 0.810. The molecule has 59 valence electrons. The fraction of sp³-hybridized carbons (Fsp3) is 0.500. The van der Waals surface area contributed by atoms with Crippen molar-refractivity contribution < 1.29 is 4.79 Å². The summed E-state index contributed by atoms with van der Waals surface area (Å²) in [6, 6.07) is 0. The number of nitrogens with zero attached hydrogens (tertiary/aromatic N) is 2. The molecule has 3 nitrogen and oxygen atoms in total. The third-order valence-corrected chi connectivity index (χ3v) is 1.31. The average molecular weight is 169 g/mol. The van der Waals surface area contributed by atoms with E-state index in [4.69, 9.17) is 7.64 Å². The molecule has 0 aliphatic carbocycles.